The number of nitrogens with zero attached hydrogens (tertiary/aromatic N) is 2. The first kappa shape index (κ1) is 37.3. The van der Waals surface area contributed by atoms with Crippen molar-refractivity contribution >= 4 is 60.4 Å². The predicted octanol–water partition coefficient (Wildman–Crippen LogP) is 17.2. The van der Waals surface area contributed by atoms with Gasteiger partial charge in [-0.3, -0.25) is 0 Å². The Balaban J connectivity index is 1.05. The maximum atomic E-state index is 2.50. The van der Waals surface area contributed by atoms with Gasteiger partial charge in [0.05, 0.1) is 22.4 Å². The molecule has 1 heterocycles. The lowest BCUT2D eigenvalue weighted by Gasteiger charge is -2.28. The molecule has 0 N–H and O–H groups in total. The van der Waals surface area contributed by atoms with E-state index < -0.39 is 0 Å². The van der Waals surface area contributed by atoms with Crippen LogP contribution in [0.3, 0.4) is 0 Å². The first-order valence-corrected chi connectivity index (χ1v) is 22.0. The number of hydrogen-bond acceptors (Lipinski definition) is 1. The Kier molecular flexibility index (Phi) is 9.20. The van der Waals surface area contributed by atoms with E-state index in [9.17, 15) is 0 Å². The molecule has 0 saturated carbocycles. The van der Waals surface area contributed by atoms with Gasteiger partial charge in [0, 0.05) is 38.7 Å². The largest absolute Gasteiger partial charge is 0.310 e. The maximum absolute atomic E-state index is 2.50. The molecule has 300 valence electrons. The van der Waals surface area contributed by atoms with Crippen molar-refractivity contribution in [2.24, 2.45) is 0 Å². The number of fused-ring (bicyclic) bond motifs is 6. The molecule has 2 nitrogen and oxygen atoms in total. The highest BCUT2D eigenvalue weighted by molar-refractivity contribution is 6.19. The molecule has 0 spiro atoms. The number of benzene rings is 11. The molecule has 12 aromatic rings. The molecule has 0 atom stereocenters. The summed E-state index contributed by atoms with van der Waals surface area (Å²) in [6, 6.07) is 92.7. The Morgan fingerprint density at radius 3 is 1.55 bits per heavy atom. The number of para-hydroxylation sites is 2. The van der Waals surface area contributed by atoms with Crippen molar-refractivity contribution in [3.05, 3.63) is 255 Å². The minimum Gasteiger partial charge on any atom is -0.310 e. The van der Waals surface area contributed by atoms with Crippen molar-refractivity contribution in [1.29, 1.82) is 0 Å². The van der Waals surface area contributed by atoms with E-state index >= 15 is 0 Å². The molecule has 2 heteroatoms. The maximum Gasteiger partial charge on any atom is 0.0619 e. The highest BCUT2D eigenvalue weighted by atomic mass is 15.1. The van der Waals surface area contributed by atoms with Crippen LogP contribution in [0.5, 0.6) is 0 Å². The first-order valence-electron chi connectivity index (χ1n) is 22.0. The Morgan fingerprint density at radius 2 is 0.797 bits per heavy atom. The number of rotatable bonds is 8. The van der Waals surface area contributed by atoms with Crippen LogP contribution in [0, 0.1) is 0 Å². The quantitative estimate of drug-likeness (QED) is 0.148. The monoisotopic (exact) mass is 814 g/mol. The first-order chi connectivity index (χ1) is 31.8. The van der Waals surface area contributed by atoms with Crippen LogP contribution in [0.4, 0.5) is 17.1 Å². The molecule has 0 radical (unpaired) electrons. The Hall–Kier alpha value is -8.46. The van der Waals surface area contributed by atoms with Gasteiger partial charge in [-0.2, -0.15) is 0 Å². The van der Waals surface area contributed by atoms with E-state index in [4.69, 9.17) is 0 Å². The zero-order chi connectivity index (χ0) is 42.4. The van der Waals surface area contributed by atoms with Crippen LogP contribution in [0.1, 0.15) is 0 Å². The summed E-state index contributed by atoms with van der Waals surface area (Å²) in [5.74, 6) is 0. The summed E-state index contributed by atoms with van der Waals surface area (Å²) in [7, 11) is 0. The third-order valence-corrected chi connectivity index (χ3v) is 12.8. The molecule has 0 fully saturated rings. The third-order valence-electron chi connectivity index (χ3n) is 12.8. The van der Waals surface area contributed by atoms with E-state index in [0.29, 0.717) is 0 Å². The SMILES string of the molecule is c1ccc(-c2ccc(N(c3ccc(-c4cccc(-n5c6ccccc6c6ccc7ccccc7c65)c4-c4ccccc4)cc3)c3ccccc3-c3cccc4ccccc34)cc2)cc1. The van der Waals surface area contributed by atoms with Crippen LogP contribution >= 0.6 is 0 Å². The molecule has 1 aromatic heterocycles. The second kappa shape index (κ2) is 15.8. The van der Waals surface area contributed by atoms with Crippen LogP contribution in [0.25, 0.3) is 93.5 Å². The van der Waals surface area contributed by atoms with Crippen LogP contribution in [0.2, 0.25) is 0 Å². The van der Waals surface area contributed by atoms with E-state index in [1.54, 1.807) is 0 Å². The normalized spacial score (nSPS) is 11.4. The van der Waals surface area contributed by atoms with E-state index in [2.05, 4.69) is 264 Å². The lowest BCUT2D eigenvalue weighted by atomic mass is 9.92. The molecule has 0 saturated heterocycles. The molecular weight excluding hydrogens is 773 g/mol. The van der Waals surface area contributed by atoms with Crippen molar-refractivity contribution < 1.29 is 0 Å². The second-order valence-electron chi connectivity index (χ2n) is 16.4. The minimum absolute atomic E-state index is 1.08. The van der Waals surface area contributed by atoms with Gasteiger partial charge in [0.2, 0.25) is 0 Å². The molecule has 0 aliphatic rings. The third kappa shape index (κ3) is 6.35. The van der Waals surface area contributed by atoms with Crippen LogP contribution in [-0.4, -0.2) is 4.57 Å². The smallest absolute Gasteiger partial charge is 0.0619 e. The van der Waals surface area contributed by atoms with Gasteiger partial charge in [-0.05, 0) is 92.0 Å². The standard InChI is InChI=1S/C62H42N2/c1-3-17-43(18-4-1)44-33-38-49(39-34-44)63(58-30-13-11-26-55(58)54-29-15-23-45-19-7-9-24-51(45)54)50-40-35-47(36-41-50)52-28-16-32-60(61(52)48-21-5-2-6-22-48)64-59-31-14-12-27-56(59)57-42-37-46-20-8-10-25-53(46)62(57)64/h1-42H. The van der Waals surface area contributed by atoms with E-state index in [-0.39, 0.29) is 0 Å². The molecule has 0 aliphatic heterocycles. The summed E-state index contributed by atoms with van der Waals surface area (Å²) in [6.07, 6.45) is 0. The van der Waals surface area contributed by atoms with E-state index in [1.807, 2.05) is 0 Å². The fourth-order valence-corrected chi connectivity index (χ4v) is 9.86. The van der Waals surface area contributed by atoms with Gasteiger partial charge in [-0.1, -0.05) is 212 Å². The van der Waals surface area contributed by atoms with E-state index in [1.165, 1.54) is 82.3 Å². The lowest BCUT2D eigenvalue weighted by Crippen LogP contribution is -2.11. The Bertz CT molecular complexity index is 3640. The molecule has 12 rings (SSSR count). The lowest BCUT2D eigenvalue weighted by molar-refractivity contribution is 1.19. The number of aromatic nitrogens is 1. The highest BCUT2D eigenvalue weighted by Gasteiger charge is 2.22. The Morgan fingerprint density at radius 1 is 0.281 bits per heavy atom. The van der Waals surface area contributed by atoms with Gasteiger partial charge in [0.15, 0.2) is 0 Å². The molecule has 0 bridgehead atoms. The molecule has 0 amide bonds. The van der Waals surface area contributed by atoms with Crippen molar-refractivity contribution in [1.82, 2.24) is 4.57 Å². The Labute approximate surface area is 373 Å². The van der Waals surface area contributed by atoms with Crippen LogP contribution in [0.15, 0.2) is 255 Å². The van der Waals surface area contributed by atoms with Gasteiger partial charge < -0.3 is 9.47 Å². The topological polar surface area (TPSA) is 8.17 Å². The molecule has 0 unspecified atom stereocenters. The van der Waals surface area contributed by atoms with Crippen molar-refractivity contribution in [3.8, 4) is 50.2 Å². The van der Waals surface area contributed by atoms with Crippen molar-refractivity contribution in [2.45, 2.75) is 0 Å². The predicted molar refractivity (Wildman–Crippen MR) is 272 cm³/mol. The zero-order valence-corrected chi connectivity index (χ0v) is 35.1. The number of hydrogen-bond donors (Lipinski definition) is 0. The average Bonchev–Trinajstić information content (AvgIpc) is 3.72. The fraction of sp³-hybridized carbons (Fsp3) is 0. The summed E-state index contributed by atoms with van der Waals surface area (Å²) in [4.78, 5) is 2.41. The average molecular weight is 815 g/mol. The van der Waals surface area contributed by atoms with Crippen LogP contribution < -0.4 is 4.90 Å². The molecule has 64 heavy (non-hydrogen) atoms. The molecular formula is C62H42N2. The van der Waals surface area contributed by atoms with Crippen LogP contribution in [-0.2, 0) is 0 Å². The summed E-state index contributed by atoms with van der Waals surface area (Å²) in [6.45, 7) is 0. The number of anilines is 3. The summed E-state index contributed by atoms with van der Waals surface area (Å²) >= 11 is 0. The fourth-order valence-electron chi connectivity index (χ4n) is 9.86. The van der Waals surface area contributed by atoms with Gasteiger partial charge in [0.1, 0.15) is 0 Å². The molecule has 0 aliphatic carbocycles. The zero-order valence-electron chi connectivity index (χ0n) is 35.1. The second-order valence-corrected chi connectivity index (χ2v) is 16.4. The summed E-state index contributed by atoms with van der Waals surface area (Å²) in [5.41, 5.74) is 16.3. The summed E-state index contributed by atoms with van der Waals surface area (Å²) < 4.78 is 2.50. The molecule has 11 aromatic carbocycles. The van der Waals surface area contributed by atoms with E-state index in [0.717, 1.165) is 28.3 Å². The van der Waals surface area contributed by atoms with Crippen molar-refractivity contribution in [3.63, 3.8) is 0 Å². The highest BCUT2D eigenvalue weighted by Crippen LogP contribution is 2.46. The van der Waals surface area contributed by atoms with Crippen molar-refractivity contribution in [2.75, 3.05) is 4.90 Å². The minimum atomic E-state index is 1.08. The van der Waals surface area contributed by atoms with Gasteiger partial charge in [0.25, 0.3) is 0 Å². The van der Waals surface area contributed by atoms with Gasteiger partial charge in [-0.15, -0.1) is 0 Å². The summed E-state index contributed by atoms with van der Waals surface area (Å²) in [5, 5.41) is 7.43. The van der Waals surface area contributed by atoms with Gasteiger partial charge in [-0.25, -0.2) is 0 Å². The van der Waals surface area contributed by atoms with Gasteiger partial charge >= 0.3 is 0 Å².